The SMILES string of the molecule is CCN1CC[NH+](C(=O)NC(C)C(C)O)C(=O)C1=O. The van der Waals surface area contributed by atoms with Gasteiger partial charge in [-0.3, -0.25) is 4.79 Å². The van der Waals surface area contributed by atoms with Crippen molar-refractivity contribution in [1.82, 2.24) is 10.2 Å². The fraction of sp³-hybridized carbons (Fsp3) is 0.727. The van der Waals surface area contributed by atoms with Crippen molar-refractivity contribution in [2.75, 3.05) is 19.6 Å². The van der Waals surface area contributed by atoms with E-state index in [-0.39, 0.29) is 11.4 Å². The lowest BCUT2D eigenvalue weighted by Crippen LogP contribution is -3.21. The second-order valence-electron chi connectivity index (χ2n) is 4.45. The van der Waals surface area contributed by atoms with E-state index >= 15 is 0 Å². The minimum Gasteiger partial charge on any atom is -0.391 e. The van der Waals surface area contributed by atoms with Crippen molar-refractivity contribution in [3.05, 3.63) is 0 Å². The van der Waals surface area contributed by atoms with E-state index < -0.39 is 30.0 Å². The van der Waals surface area contributed by atoms with Crippen molar-refractivity contribution >= 4 is 17.8 Å². The number of hydrogen-bond acceptors (Lipinski definition) is 4. The Bertz CT molecular complexity index is 356. The van der Waals surface area contributed by atoms with Gasteiger partial charge in [-0.1, -0.05) is 0 Å². The molecule has 0 aromatic heterocycles. The normalized spacial score (nSPS) is 23.8. The van der Waals surface area contributed by atoms with Gasteiger partial charge in [0.2, 0.25) is 0 Å². The molecule has 3 unspecified atom stereocenters. The van der Waals surface area contributed by atoms with Crippen molar-refractivity contribution < 1.29 is 24.4 Å². The quantitative estimate of drug-likeness (QED) is 0.498. The lowest BCUT2D eigenvalue weighted by molar-refractivity contribution is -0.732. The molecule has 7 heteroatoms. The highest BCUT2D eigenvalue weighted by molar-refractivity contribution is 6.32. The molecule has 0 saturated carbocycles. The molecule has 7 nitrogen and oxygen atoms in total. The summed E-state index contributed by atoms with van der Waals surface area (Å²) in [7, 11) is 0. The second kappa shape index (κ2) is 5.92. The van der Waals surface area contributed by atoms with Crippen molar-refractivity contribution in [1.29, 1.82) is 0 Å². The van der Waals surface area contributed by atoms with Crippen LogP contribution >= 0.6 is 0 Å². The predicted octanol–water partition coefficient (Wildman–Crippen LogP) is -2.26. The number of carbonyl (C=O) groups excluding carboxylic acids is 3. The highest BCUT2D eigenvalue weighted by atomic mass is 16.3. The average Bonchev–Trinajstić information content (AvgIpc) is 2.32. The Kier molecular flexibility index (Phi) is 4.80. The number of imide groups is 1. The number of urea groups is 1. The molecular weight excluding hydrogens is 238 g/mol. The first kappa shape index (κ1) is 14.6. The molecule has 0 radical (unpaired) electrons. The molecular formula is C11H20N3O4+. The standard InChI is InChI=1S/C11H19N3O4/c1-4-13-5-6-14(10(17)9(13)16)11(18)12-7(2)8(3)15/h7-8,15H,4-6H2,1-3H3,(H,12,18)/p+1. The van der Waals surface area contributed by atoms with Crippen molar-refractivity contribution in [2.45, 2.75) is 32.9 Å². The average molecular weight is 258 g/mol. The Morgan fingerprint density at radius 2 is 2.11 bits per heavy atom. The van der Waals surface area contributed by atoms with Crippen LogP contribution in [0, 0.1) is 0 Å². The number of carbonyl (C=O) groups is 3. The molecule has 4 amide bonds. The van der Waals surface area contributed by atoms with Crippen molar-refractivity contribution in [2.24, 2.45) is 0 Å². The third-order valence-electron chi connectivity index (χ3n) is 3.13. The van der Waals surface area contributed by atoms with E-state index in [0.29, 0.717) is 13.1 Å². The maximum Gasteiger partial charge on any atom is 0.423 e. The molecule has 1 rings (SSSR count). The number of nitrogens with zero attached hydrogens (tertiary/aromatic N) is 1. The predicted molar refractivity (Wildman–Crippen MR) is 62.8 cm³/mol. The van der Waals surface area contributed by atoms with E-state index in [1.54, 1.807) is 20.8 Å². The van der Waals surface area contributed by atoms with E-state index in [1.807, 2.05) is 0 Å². The number of likely N-dealkylation sites (N-methyl/N-ethyl adjacent to an activating group) is 1. The fourth-order valence-electron chi connectivity index (χ4n) is 1.67. The topological polar surface area (TPSA) is 91.2 Å². The van der Waals surface area contributed by atoms with Crippen LogP contribution in [-0.4, -0.2) is 59.6 Å². The first-order chi connectivity index (χ1) is 8.38. The third kappa shape index (κ3) is 3.05. The fourth-order valence-corrected chi connectivity index (χ4v) is 1.67. The molecule has 0 aromatic rings. The molecule has 1 aliphatic heterocycles. The summed E-state index contributed by atoms with van der Waals surface area (Å²) in [6.07, 6.45) is -0.712. The van der Waals surface area contributed by atoms with E-state index in [0.717, 1.165) is 0 Å². The van der Waals surface area contributed by atoms with Gasteiger partial charge in [-0.25, -0.2) is 9.59 Å². The summed E-state index contributed by atoms with van der Waals surface area (Å²) in [5.41, 5.74) is 0. The maximum absolute atomic E-state index is 11.8. The van der Waals surface area contributed by atoms with Gasteiger partial charge in [0.05, 0.1) is 18.7 Å². The smallest absolute Gasteiger partial charge is 0.391 e. The Balaban J connectivity index is 2.65. The van der Waals surface area contributed by atoms with Gasteiger partial charge in [0.1, 0.15) is 6.54 Å². The van der Waals surface area contributed by atoms with Crippen LogP contribution in [0.25, 0.3) is 0 Å². The molecule has 3 N–H and O–H groups in total. The number of rotatable bonds is 3. The summed E-state index contributed by atoms with van der Waals surface area (Å²) < 4.78 is 0. The molecule has 1 fully saturated rings. The molecule has 3 atom stereocenters. The number of quaternary nitrogens is 1. The van der Waals surface area contributed by atoms with E-state index in [2.05, 4.69) is 5.32 Å². The van der Waals surface area contributed by atoms with Crippen molar-refractivity contribution in [3.63, 3.8) is 0 Å². The minimum atomic E-state index is -0.738. The molecule has 1 heterocycles. The third-order valence-corrected chi connectivity index (χ3v) is 3.13. The maximum atomic E-state index is 11.8. The largest absolute Gasteiger partial charge is 0.423 e. The number of amides is 4. The zero-order chi connectivity index (χ0) is 13.9. The minimum absolute atomic E-state index is 0.0165. The van der Waals surface area contributed by atoms with Gasteiger partial charge in [0, 0.05) is 6.54 Å². The van der Waals surface area contributed by atoms with Crippen LogP contribution in [0.2, 0.25) is 0 Å². The summed E-state index contributed by atoms with van der Waals surface area (Å²) in [6.45, 7) is 6.07. The Hall–Kier alpha value is -1.47. The van der Waals surface area contributed by atoms with Crippen LogP contribution in [0.1, 0.15) is 20.8 Å². The molecule has 0 aromatic carbocycles. The first-order valence-electron chi connectivity index (χ1n) is 6.06. The molecule has 0 aliphatic carbocycles. The van der Waals surface area contributed by atoms with E-state index in [9.17, 15) is 19.5 Å². The first-order valence-corrected chi connectivity index (χ1v) is 6.06. The number of hydrogen-bond donors (Lipinski definition) is 3. The molecule has 1 saturated heterocycles. The highest BCUT2D eigenvalue weighted by Gasteiger charge is 2.41. The number of piperazine rings is 1. The van der Waals surface area contributed by atoms with Gasteiger partial charge in [0.15, 0.2) is 0 Å². The van der Waals surface area contributed by atoms with Gasteiger partial charge < -0.3 is 15.3 Å². The van der Waals surface area contributed by atoms with Gasteiger partial charge in [-0.15, -0.1) is 0 Å². The van der Waals surface area contributed by atoms with Crippen LogP contribution in [0.4, 0.5) is 4.79 Å². The Labute approximate surface area is 106 Å². The van der Waals surface area contributed by atoms with Crippen LogP contribution in [-0.2, 0) is 9.59 Å². The summed E-state index contributed by atoms with van der Waals surface area (Å²) in [4.78, 5) is 36.6. The Morgan fingerprint density at radius 1 is 1.50 bits per heavy atom. The number of nitrogens with one attached hydrogen (secondary N) is 2. The zero-order valence-electron chi connectivity index (χ0n) is 10.9. The Morgan fingerprint density at radius 3 is 2.61 bits per heavy atom. The number of aliphatic hydroxyl groups excluding tert-OH is 1. The van der Waals surface area contributed by atoms with Gasteiger partial charge in [0.25, 0.3) is 0 Å². The van der Waals surface area contributed by atoms with E-state index in [1.165, 1.54) is 4.90 Å². The molecule has 1 aliphatic rings. The summed E-state index contributed by atoms with van der Waals surface area (Å²) in [5, 5.41) is 11.8. The van der Waals surface area contributed by atoms with Gasteiger partial charge in [-0.05, 0) is 20.8 Å². The zero-order valence-corrected chi connectivity index (χ0v) is 10.9. The molecule has 102 valence electrons. The van der Waals surface area contributed by atoms with Crippen molar-refractivity contribution in [3.8, 4) is 0 Å². The lowest BCUT2D eigenvalue weighted by Gasteiger charge is -2.28. The number of aliphatic hydroxyl groups is 1. The second-order valence-corrected chi connectivity index (χ2v) is 4.45. The molecule has 0 bridgehead atoms. The monoisotopic (exact) mass is 258 g/mol. The van der Waals surface area contributed by atoms with E-state index in [4.69, 9.17) is 0 Å². The summed E-state index contributed by atoms with van der Waals surface area (Å²) in [5.74, 6) is -1.36. The highest BCUT2D eigenvalue weighted by Crippen LogP contribution is 1.93. The van der Waals surface area contributed by atoms with Gasteiger partial charge in [-0.2, -0.15) is 4.90 Å². The van der Waals surface area contributed by atoms with Crippen LogP contribution < -0.4 is 10.2 Å². The van der Waals surface area contributed by atoms with Crippen LogP contribution in [0.3, 0.4) is 0 Å². The summed E-state index contributed by atoms with van der Waals surface area (Å²) in [6, 6.07) is -1.02. The van der Waals surface area contributed by atoms with Crippen LogP contribution in [0.5, 0.6) is 0 Å². The molecule has 18 heavy (non-hydrogen) atoms. The summed E-state index contributed by atoms with van der Waals surface area (Å²) >= 11 is 0. The lowest BCUT2D eigenvalue weighted by atomic mass is 10.2. The van der Waals surface area contributed by atoms with Gasteiger partial charge >= 0.3 is 17.8 Å². The van der Waals surface area contributed by atoms with Crippen LogP contribution in [0.15, 0.2) is 0 Å². The molecule has 0 spiro atoms.